The molecule has 1 aliphatic rings. The van der Waals surface area contributed by atoms with Crippen molar-refractivity contribution >= 4 is 29.0 Å². The summed E-state index contributed by atoms with van der Waals surface area (Å²) in [6, 6.07) is 4.22. The highest BCUT2D eigenvalue weighted by molar-refractivity contribution is 6.30. The average Bonchev–Trinajstić information content (AvgIpc) is 2.94. The van der Waals surface area contributed by atoms with E-state index in [-0.39, 0.29) is 0 Å². The second-order valence-corrected chi connectivity index (χ2v) is 5.63. The van der Waals surface area contributed by atoms with Crippen molar-refractivity contribution in [1.29, 1.82) is 0 Å². The lowest BCUT2D eigenvalue weighted by molar-refractivity contribution is 0.484. The Bertz CT molecular complexity index is 795. The van der Waals surface area contributed by atoms with E-state index in [1.54, 1.807) is 23.2 Å². The van der Waals surface area contributed by atoms with E-state index in [2.05, 4.69) is 35.1 Å². The number of fused-ring (bicyclic) bond motifs is 1. The number of anilines is 2. The topological polar surface area (TPSA) is 75.3 Å². The van der Waals surface area contributed by atoms with Gasteiger partial charge in [-0.1, -0.05) is 11.6 Å². The van der Waals surface area contributed by atoms with Crippen molar-refractivity contribution in [1.82, 2.24) is 29.8 Å². The molecule has 0 aliphatic carbocycles. The molecule has 112 valence electrons. The monoisotopic (exact) mass is 316 g/mol. The molecule has 4 rings (SSSR count). The van der Waals surface area contributed by atoms with Crippen LogP contribution < -0.4 is 9.80 Å². The number of aromatic nitrogens is 6. The molecule has 4 heterocycles. The van der Waals surface area contributed by atoms with E-state index in [4.69, 9.17) is 11.6 Å². The highest BCUT2D eigenvalue weighted by atomic mass is 35.5. The largest absolute Gasteiger partial charge is 0.351 e. The Morgan fingerprint density at radius 2 is 2.00 bits per heavy atom. The number of rotatable bonds is 3. The van der Waals surface area contributed by atoms with E-state index in [0.29, 0.717) is 17.0 Å². The van der Waals surface area contributed by atoms with Gasteiger partial charge in [-0.05, 0) is 12.1 Å². The van der Waals surface area contributed by atoms with Gasteiger partial charge in [0.25, 0.3) is 0 Å². The molecule has 3 aromatic heterocycles. The van der Waals surface area contributed by atoms with E-state index >= 15 is 0 Å². The fourth-order valence-electron chi connectivity index (χ4n) is 2.43. The molecule has 1 saturated heterocycles. The van der Waals surface area contributed by atoms with Crippen LogP contribution in [0.1, 0.15) is 0 Å². The van der Waals surface area contributed by atoms with Gasteiger partial charge in [-0.2, -0.15) is 4.52 Å². The summed E-state index contributed by atoms with van der Waals surface area (Å²) in [6.45, 7) is 1.73. The maximum absolute atomic E-state index is 5.81. The van der Waals surface area contributed by atoms with E-state index in [1.807, 2.05) is 19.2 Å². The molecule has 9 heteroatoms. The first-order valence-electron chi connectivity index (χ1n) is 6.83. The quantitative estimate of drug-likeness (QED) is 0.710. The summed E-state index contributed by atoms with van der Waals surface area (Å²) in [5.41, 5.74) is 0.743. The molecule has 0 bridgehead atoms. The van der Waals surface area contributed by atoms with Crippen LogP contribution in [0.25, 0.3) is 5.65 Å². The molecule has 8 nitrogen and oxygen atoms in total. The van der Waals surface area contributed by atoms with Crippen LogP contribution >= 0.6 is 11.6 Å². The molecule has 0 radical (unpaired) electrons. The van der Waals surface area contributed by atoms with Crippen LogP contribution in [0.2, 0.25) is 5.02 Å². The molecule has 0 atom stereocenters. The molecule has 0 amide bonds. The Morgan fingerprint density at radius 1 is 1.23 bits per heavy atom. The third kappa shape index (κ3) is 2.21. The predicted octanol–water partition coefficient (Wildman–Crippen LogP) is 0.893. The summed E-state index contributed by atoms with van der Waals surface area (Å²) in [5, 5.41) is 12.8. The summed E-state index contributed by atoms with van der Waals surface area (Å²) < 4.78 is 1.68. The maximum Gasteiger partial charge on any atom is 0.225 e. The Hall–Kier alpha value is -2.48. The fraction of sp³-hybridized carbons (Fsp3) is 0.308. The smallest absolute Gasteiger partial charge is 0.225 e. The van der Waals surface area contributed by atoms with Gasteiger partial charge < -0.3 is 9.80 Å². The number of halogens is 1. The highest BCUT2D eigenvalue weighted by Gasteiger charge is 2.32. The lowest BCUT2D eigenvalue weighted by Gasteiger charge is -2.44. The number of likely N-dealkylation sites (N-methyl/N-ethyl adjacent to an activating group) is 1. The maximum atomic E-state index is 5.81. The summed E-state index contributed by atoms with van der Waals surface area (Å²) in [5.74, 6) is 1.59. The van der Waals surface area contributed by atoms with Crippen molar-refractivity contribution in [2.75, 3.05) is 29.9 Å². The Kier molecular flexibility index (Phi) is 3.04. The first-order chi connectivity index (χ1) is 10.7. The van der Waals surface area contributed by atoms with Crippen molar-refractivity contribution in [2.24, 2.45) is 0 Å². The van der Waals surface area contributed by atoms with Gasteiger partial charge in [0.1, 0.15) is 12.1 Å². The van der Waals surface area contributed by atoms with Gasteiger partial charge in [-0.3, -0.25) is 0 Å². The van der Waals surface area contributed by atoms with Crippen LogP contribution in [0, 0.1) is 0 Å². The van der Waals surface area contributed by atoms with Crippen molar-refractivity contribution in [2.45, 2.75) is 6.04 Å². The van der Waals surface area contributed by atoms with Gasteiger partial charge in [-0.15, -0.1) is 15.3 Å². The summed E-state index contributed by atoms with van der Waals surface area (Å²) >= 11 is 5.81. The number of nitrogens with zero attached hydrogens (tertiary/aromatic N) is 8. The number of hydrogen-bond acceptors (Lipinski definition) is 7. The Balaban J connectivity index is 1.45. The van der Waals surface area contributed by atoms with Crippen LogP contribution in [0.5, 0.6) is 0 Å². The summed E-state index contributed by atoms with van der Waals surface area (Å²) in [7, 11) is 1.99. The third-order valence-corrected chi connectivity index (χ3v) is 4.00. The minimum atomic E-state index is 0.347. The molecule has 3 aromatic rings. The zero-order valence-corrected chi connectivity index (χ0v) is 12.6. The van der Waals surface area contributed by atoms with Crippen LogP contribution in [0.3, 0.4) is 0 Å². The lowest BCUT2D eigenvalue weighted by Crippen LogP contribution is -2.59. The van der Waals surface area contributed by atoms with E-state index in [9.17, 15) is 0 Å². The standard InChI is InChI=1S/C13H13ClN8/c1-20(13-15-4-9(14)5-16-13)10-6-21(7-10)12-3-2-11-18-17-8-22(11)19-12/h2-5,8,10H,6-7H2,1H3. The van der Waals surface area contributed by atoms with Crippen molar-refractivity contribution in [3.63, 3.8) is 0 Å². The summed E-state index contributed by atoms with van der Waals surface area (Å²) in [6.07, 6.45) is 4.82. The van der Waals surface area contributed by atoms with Crippen LogP contribution in [-0.2, 0) is 0 Å². The molecule has 0 unspecified atom stereocenters. The van der Waals surface area contributed by atoms with Gasteiger partial charge >= 0.3 is 0 Å². The molecule has 0 spiro atoms. The second kappa shape index (κ2) is 5.06. The van der Waals surface area contributed by atoms with E-state index in [1.165, 1.54) is 0 Å². The van der Waals surface area contributed by atoms with E-state index < -0.39 is 0 Å². The zero-order chi connectivity index (χ0) is 15.1. The van der Waals surface area contributed by atoms with Gasteiger partial charge in [0.05, 0.1) is 23.5 Å². The molecular weight excluding hydrogens is 304 g/mol. The normalized spacial score (nSPS) is 15.1. The molecule has 1 aliphatic heterocycles. The van der Waals surface area contributed by atoms with Crippen molar-refractivity contribution < 1.29 is 0 Å². The Labute approximate surface area is 131 Å². The molecule has 0 N–H and O–H groups in total. The number of hydrogen-bond donors (Lipinski definition) is 0. The molecule has 0 saturated carbocycles. The Morgan fingerprint density at radius 3 is 2.77 bits per heavy atom. The third-order valence-electron chi connectivity index (χ3n) is 3.80. The van der Waals surface area contributed by atoms with Gasteiger partial charge in [-0.25, -0.2) is 9.97 Å². The minimum absolute atomic E-state index is 0.347. The van der Waals surface area contributed by atoms with Gasteiger partial charge in [0.15, 0.2) is 5.65 Å². The van der Waals surface area contributed by atoms with Crippen molar-refractivity contribution in [3.05, 3.63) is 35.9 Å². The highest BCUT2D eigenvalue weighted by Crippen LogP contribution is 2.23. The van der Waals surface area contributed by atoms with Crippen molar-refractivity contribution in [3.8, 4) is 0 Å². The van der Waals surface area contributed by atoms with Gasteiger partial charge in [0.2, 0.25) is 5.95 Å². The molecule has 1 fully saturated rings. The molecule has 0 aromatic carbocycles. The molecule has 22 heavy (non-hydrogen) atoms. The lowest BCUT2D eigenvalue weighted by atomic mass is 10.1. The minimum Gasteiger partial charge on any atom is -0.351 e. The second-order valence-electron chi connectivity index (χ2n) is 5.20. The fourth-order valence-corrected chi connectivity index (χ4v) is 2.52. The van der Waals surface area contributed by atoms with E-state index in [0.717, 1.165) is 24.6 Å². The first-order valence-corrected chi connectivity index (χ1v) is 7.21. The van der Waals surface area contributed by atoms with Gasteiger partial charge in [0, 0.05) is 20.1 Å². The SMILES string of the molecule is CN(c1ncc(Cl)cn1)C1CN(c2ccc3nncn3n2)C1. The molecular formula is C13H13ClN8. The first kappa shape index (κ1) is 13.2. The van der Waals surface area contributed by atoms with Crippen LogP contribution in [-0.4, -0.2) is 56.0 Å². The van der Waals surface area contributed by atoms with Crippen LogP contribution in [0.15, 0.2) is 30.9 Å². The average molecular weight is 317 g/mol. The van der Waals surface area contributed by atoms with Crippen LogP contribution in [0.4, 0.5) is 11.8 Å². The zero-order valence-electron chi connectivity index (χ0n) is 11.8. The predicted molar refractivity (Wildman–Crippen MR) is 82.2 cm³/mol. The summed E-state index contributed by atoms with van der Waals surface area (Å²) in [4.78, 5) is 12.7.